The Hall–Kier alpha value is -1.27. The smallest absolute Gasteiger partial charge is 0.198 e. The van der Waals surface area contributed by atoms with Crippen LogP contribution in [0.1, 0.15) is 59.3 Å². The van der Waals surface area contributed by atoms with Gasteiger partial charge in [0, 0.05) is 38.3 Å². The second-order valence-corrected chi connectivity index (χ2v) is 8.29. The van der Waals surface area contributed by atoms with Crippen molar-refractivity contribution in [1.82, 2.24) is 5.16 Å². The number of ketones is 1. The van der Waals surface area contributed by atoms with Crippen molar-refractivity contribution >= 4 is 32.5 Å². The predicted molar refractivity (Wildman–Crippen MR) is 93.1 cm³/mol. The maximum absolute atomic E-state index is 12.9. The molecule has 0 radical (unpaired) electrons. The third-order valence-corrected chi connectivity index (χ3v) is 5.84. The highest BCUT2D eigenvalue weighted by Gasteiger charge is 2.33. The van der Waals surface area contributed by atoms with E-state index in [-0.39, 0.29) is 5.78 Å². The Morgan fingerprint density at radius 2 is 2.17 bits per heavy atom. The van der Waals surface area contributed by atoms with Crippen LogP contribution in [0.4, 0.5) is 0 Å². The summed E-state index contributed by atoms with van der Waals surface area (Å²) in [7, 11) is -0.967. The summed E-state index contributed by atoms with van der Waals surface area (Å²) in [5.41, 5.74) is 1.93. The first-order chi connectivity index (χ1) is 11.1. The zero-order chi connectivity index (χ0) is 16.4. The van der Waals surface area contributed by atoms with Crippen LogP contribution in [0.5, 0.6) is 0 Å². The predicted octanol–water partition coefficient (Wildman–Crippen LogP) is 4.20. The molecule has 1 aliphatic carbocycles. The van der Waals surface area contributed by atoms with Crippen LogP contribution in [0.25, 0.3) is 0 Å². The van der Waals surface area contributed by atoms with Crippen LogP contribution >= 0.6 is 15.9 Å². The van der Waals surface area contributed by atoms with Gasteiger partial charge in [-0.15, -0.1) is 0 Å². The minimum absolute atomic E-state index is 0.0934. The minimum atomic E-state index is -0.967. The summed E-state index contributed by atoms with van der Waals surface area (Å²) in [4.78, 5) is 12.9. The molecular formula is C17H18BrNO3S. The Balaban J connectivity index is 1.93. The van der Waals surface area contributed by atoms with Crippen molar-refractivity contribution < 1.29 is 13.5 Å². The van der Waals surface area contributed by atoms with Crippen LogP contribution in [0.15, 0.2) is 33.4 Å². The van der Waals surface area contributed by atoms with Gasteiger partial charge in [-0.3, -0.25) is 9.00 Å². The molecule has 23 heavy (non-hydrogen) atoms. The molecule has 0 N–H and O–H groups in total. The van der Waals surface area contributed by atoms with Crippen molar-refractivity contribution in [2.24, 2.45) is 0 Å². The molecule has 6 heteroatoms. The first-order valence-electron chi connectivity index (χ1n) is 7.72. The molecule has 2 aromatic rings. The van der Waals surface area contributed by atoms with Crippen molar-refractivity contribution in [3.63, 3.8) is 0 Å². The van der Waals surface area contributed by atoms with Gasteiger partial charge in [-0.05, 0) is 43.0 Å². The molecule has 1 saturated carbocycles. The van der Waals surface area contributed by atoms with Gasteiger partial charge < -0.3 is 4.52 Å². The standard InChI is InChI=1S/C17H18BrNO3S/c1-2-7-23(21)10-12-8-13(18)5-6-14(12)16(20)15-9-19-22-17(15)11-3-4-11/h5-6,8-9,11H,2-4,7,10H2,1H3. The lowest BCUT2D eigenvalue weighted by Gasteiger charge is -2.09. The average Bonchev–Trinajstić information content (AvgIpc) is 3.24. The van der Waals surface area contributed by atoms with E-state index in [9.17, 15) is 9.00 Å². The zero-order valence-electron chi connectivity index (χ0n) is 12.9. The Bertz CT molecular complexity index is 752. The van der Waals surface area contributed by atoms with Gasteiger partial charge in [-0.1, -0.05) is 28.0 Å². The lowest BCUT2D eigenvalue weighted by molar-refractivity contribution is 0.103. The molecule has 0 spiro atoms. The van der Waals surface area contributed by atoms with Gasteiger partial charge in [0.25, 0.3) is 0 Å². The molecule has 122 valence electrons. The van der Waals surface area contributed by atoms with Crippen LogP contribution in [-0.4, -0.2) is 20.9 Å². The van der Waals surface area contributed by atoms with Crippen molar-refractivity contribution in [3.8, 4) is 0 Å². The van der Waals surface area contributed by atoms with Crippen molar-refractivity contribution in [2.75, 3.05) is 5.75 Å². The topological polar surface area (TPSA) is 60.2 Å². The van der Waals surface area contributed by atoms with E-state index in [1.165, 1.54) is 6.20 Å². The van der Waals surface area contributed by atoms with Gasteiger partial charge in [0.2, 0.25) is 0 Å². The molecule has 1 fully saturated rings. The number of halogens is 1. The summed E-state index contributed by atoms with van der Waals surface area (Å²) >= 11 is 3.43. The van der Waals surface area contributed by atoms with Crippen LogP contribution in [0.2, 0.25) is 0 Å². The Morgan fingerprint density at radius 1 is 1.39 bits per heavy atom. The fourth-order valence-corrected chi connectivity index (χ4v) is 4.17. The van der Waals surface area contributed by atoms with Gasteiger partial charge in [-0.2, -0.15) is 0 Å². The SMILES string of the molecule is CCCS(=O)Cc1cc(Br)ccc1C(=O)c1cnoc1C1CC1. The molecule has 1 aliphatic rings. The van der Waals surface area contributed by atoms with E-state index >= 15 is 0 Å². The lowest BCUT2D eigenvalue weighted by Crippen LogP contribution is -2.09. The first-order valence-corrected chi connectivity index (χ1v) is 10.0. The third kappa shape index (κ3) is 3.80. The molecule has 0 aliphatic heterocycles. The Labute approximate surface area is 146 Å². The molecule has 1 aromatic heterocycles. The number of aromatic nitrogens is 1. The maximum Gasteiger partial charge on any atom is 0.198 e. The molecule has 3 rings (SSSR count). The van der Waals surface area contributed by atoms with Gasteiger partial charge in [0.15, 0.2) is 11.5 Å². The monoisotopic (exact) mass is 395 g/mol. The van der Waals surface area contributed by atoms with E-state index in [0.29, 0.717) is 34.3 Å². The fraction of sp³-hybridized carbons (Fsp3) is 0.412. The molecule has 1 unspecified atom stereocenters. The second-order valence-electron chi connectivity index (χ2n) is 5.80. The molecule has 1 atom stereocenters. The minimum Gasteiger partial charge on any atom is -0.360 e. The summed E-state index contributed by atoms with van der Waals surface area (Å²) in [5.74, 6) is 1.95. The number of nitrogens with zero attached hydrogens (tertiary/aromatic N) is 1. The van der Waals surface area contributed by atoms with E-state index in [1.807, 2.05) is 19.1 Å². The molecule has 0 amide bonds. The quantitative estimate of drug-likeness (QED) is 0.658. The number of rotatable bonds is 7. The van der Waals surface area contributed by atoms with Crippen molar-refractivity contribution in [3.05, 3.63) is 51.3 Å². The third-order valence-electron chi connectivity index (χ3n) is 3.85. The number of benzene rings is 1. The highest BCUT2D eigenvalue weighted by atomic mass is 79.9. The van der Waals surface area contributed by atoms with Gasteiger partial charge in [0.1, 0.15) is 0 Å². The van der Waals surface area contributed by atoms with E-state index in [1.54, 1.807) is 6.07 Å². The first kappa shape index (κ1) is 16.6. The normalized spacial score (nSPS) is 15.6. The summed E-state index contributed by atoms with van der Waals surface area (Å²) in [6.45, 7) is 2.00. The van der Waals surface area contributed by atoms with E-state index in [4.69, 9.17) is 4.52 Å². The summed E-state index contributed by atoms with van der Waals surface area (Å²) in [6, 6.07) is 5.50. The van der Waals surface area contributed by atoms with Gasteiger partial charge in [0.05, 0.1) is 11.8 Å². The number of hydrogen-bond acceptors (Lipinski definition) is 4. The summed E-state index contributed by atoms with van der Waals surface area (Å²) in [5, 5.41) is 3.80. The Kier molecular flexibility index (Phi) is 5.11. The molecule has 0 saturated heterocycles. The maximum atomic E-state index is 12.9. The molecule has 1 heterocycles. The van der Waals surface area contributed by atoms with Crippen molar-refractivity contribution in [1.29, 1.82) is 0 Å². The van der Waals surface area contributed by atoms with Gasteiger partial charge in [-0.25, -0.2) is 0 Å². The number of carbonyl (C=O) groups excluding carboxylic acids is 1. The van der Waals surface area contributed by atoms with Crippen molar-refractivity contribution in [2.45, 2.75) is 37.9 Å². The molecule has 1 aromatic carbocycles. The van der Waals surface area contributed by atoms with Crippen LogP contribution < -0.4 is 0 Å². The zero-order valence-corrected chi connectivity index (χ0v) is 15.3. The molecule has 0 bridgehead atoms. The van der Waals surface area contributed by atoms with Gasteiger partial charge >= 0.3 is 0 Å². The van der Waals surface area contributed by atoms with Crippen LogP contribution in [-0.2, 0) is 16.6 Å². The largest absolute Gasteiger partial charge is 0.360 e. The highest BCUT2D eigenvalue weighted by molar-refractivity contribution is 9.10. The molecular weight excluding hydrogens is 378 g/mol. The number of hydrogen-bond donors (Lipinski definition) is 0. The summed E-state index contributed by atoms with van der Waals surface area (Å²) < 4.78 is 18.3. The van der Waals surface area contributed by atoms with Crippen LogP contribution in [0.3, 0.4) is 0 Å². The second kappa shape index (κ2) is 7.09. The van der Waals surface area contributed by atoms with Crippen LogP contribution in [0, 0.1) is 0 Å². The fourth-order valence-electron chi connectivity index (χ4n) is 2.58. The highest BCUT2D eigenvalue weighted by Crippen LogP contribution is 2.42. The lowest BCUT2D eigenvalue weighted by atomic mass is 9.99. The van der Waals surface area contributed by atoms with E-state index in [2.05, 4.69) is 21.1 Å². The average molecular weight is 396 g/mol. The van der Waals surface area contributed by atoms with E-state index < -0.39 is 10.8 Å². The molecule has 4 nitrogen and oxygen atoms in total. The Morgan fingerprint density at radius 3 is 2.87 bits per heavy atom. The number of carbonyl (C=O) groups is 1. The van der Waals surface area contributed by atoms with E-state index in [0.717, 1.165) is 29.3 Å². The summed E-state index contributed by atoms with van der Waals surface area (Å²) in [6.07, 6.45) is 4.46.